The molecular formula is C14H15N3O. The summed E-state index contributed by atoms with van der Waals surface area (Å²) in [6, 6.07) is 8.86. The molecule has 18 heavy (non-hydrogen) atoms. The number of anilines is 1. The van der Waals surface area contributed by atoms with Crippen molar-refractivity contribution in [3.63, 3.8) is 0 Å². The van der Waals surface area contributed by atoms with Gasteiger partial charge in [-0.2, -0.15) is 5.10 Å². The molecule has 0 N–H and O–H groups in total. The number of nitrogens with zero attached hydrogens (tertiary/aromatic N) is 3. The summed E-state index contributed by atoms with van der Waals surface area (Å²) in [6.45, 7) is 3.79. The highest BCUT2D eigenvalue weighted by Crippen LogP contribution is 2.35. The Morgan fingerprint density at radius 3 is 2.78 bits per heavy atom. The van der Waals surface area contributed by atoms with Gasteiger partial charge >= 0.3 is 0 Å². The number of morpholine rings is 1. The van der Waals surface area contributed by atoms with Crippen LogP contribution in [0.1, 0.15) is 12.1 Å². The van der Waals surface area contributed by atoms with E-state index in [0.29, 0.717) is 12.1 Å². The lowest BCUT2D eigenvalue weighted by atomic mass is 10.1. The van der Waals surface area contributed by atoms with Crippen LogP contribution in [0.3, 0.4) is 0 Å². The minimum absolute atomic E-state index is 0.386. The second-order valence-electron chi connectivity index (χ2n) is 5.15. The van der Waals surface area contributed by atoms with Gasteiger partial charge in [-0.25, -0.2) is 0 Å². The van der Waals surface area contributed by atoms with Crippen molar-refractivity contribution in [2.45, 2.75) is 25.5 Å². The predicted molar refractivity (Wildman–Crippen MR) is 69.8 cm³/mol. The molecule has 92 valence electrons. The van der Waals surface area contributed by atoms with Crippen molar-refractivity contribution < 1.29 is 4.74 Å². The summed E-state index contributed by atoms with van der Waals surface area (Å²) >= 11 is 0. The van der Waals surface area contributed by atoms with E-state index < -0.39 is 0 Å². The van der Waals surface area contributed by atoms with Gasteiger partial charge in [-0.15, -0.1) is 5.10 Å². The van der Waals surface area contributed by atoms with E-state index in [1.807, 2.05) is 6.92 Å². The van der Waals surface area contributed by atoms with Crippen LogP contribution in [-0.4, -0.2) is 35.5 Å². The van der Waals surface area contributed by atoms with Crippen LogP contribution in [0, 0.1) is 6.92 Å². The van der Waals surface area contributed by atoms with E-state index in [-0.39, 0.29) is 0 Å². The van der Waals surface area contributed by atoms with Gasteiger partial charge in [-0.3, -0.25) is 0 Å². The molecule has 4 rings (SSSR count). The topological polar surface area (TPSA) is 38.2 Å². The summed E-state index contributed by atoms with van der Waals surface area (Å²) in [6.07, 6.45) is 1.51. The fourth-order valence-electron chi connectivity index (χ4n) is 3.09. The van der Waals surface area contributed by atoms with E-state index in [2.05, 4.69) is 39.4 Å². The number of fused-ring (bicyclic) bond motifs is 3. The van der Waals surface area contributed by atoms with Gasteiger partial charge in [0.2, 0.25) is 0 Å². The maximum atomic E-state index is 5.65. The summed E-state index contributed by atoms with van der Waals surface area (Å²) in [5.74, 6) is 1.02. The van der Waals surface area contributed by atoms with Gasteiger partial charge in [0.25, 0.3) is 0 Å². The molecule has 0 radical (unpaired) electrons. The van der Waals surface area contributed by atoms with Gasteiger partial charge in [-0.1, -0.05) is 24.3 Å². The molecule has 1 aromatic heterocycles. The zero-order chi connectivity index (χ0) is 12.1. The molecule has 2 unspecified atom stereocenters. The van der Waals surface area contributed by atoms with Crippen LogP contribution < -0.4 is 4.90 Å². The summed E-state index contributed by atoms with van der Waals surface area (Å²) in [7, 11) is 0. The number of ether oxygens (including phenoxy) is 1. The molecule has 2 atom stereocenters. The quantitative estimate of drug-likeness (QED) is 0.764. The van der Waals surface area contributed by atoms with E-state index >= 15 is 0 Å². The zero-order valence-corrected chi connectivity index (χ0v) is 10.3. The number of benzene rings is 1. The molecule has 0 saturated carbocycles. The number of aryl methyl sites for hydroxylation is 1. The first-order valence-corrected chi connectivity index (χ1v) is 6.43. The van der Waals surface area contributed by atoms with Crippen LogP contribution >= 0.6 is 0 Å². The third-order valence-electron chi connectivity index (χ3n) is 4.02. The Labute approximate surface area is 106 Å². The third kappa shape index (κ3) is 1.35. The lowest BCUT2D eigenvalue weighted by Crippen LogP contribution is -2.37. The SMILES string of the molecule is Cc1nnc(N2CC3CC2CO3)c2ccccc12. The van der Waals surface area contributed by atoms with Gasteiger partial charge in [0.1, 0.15) is 0 Å². The highest BCUT2D eigenvalue weighted by Gasteiger charge is 2.40. The normalized spacial score (nSPS) is 26.2. The van der Waals surface area contributed by atoms with Gasteiger partial charge in [0, 0.05) is 17.3 Å². The number of aromatic nitrogens is 2. The maximum absolute atomic E-state index is 5.65. The Kier molecular flexibility index (Phi) is 2.08. The van der Waals surface area contributed by atoms with Crippen LogP contribution in [0.15, 0.2) is 24.3 Å². The molecule has 0 amide bonds. The fraction of sp³-hybridized carbons (Fsp3) is 0.429. The minimum Gasteiger partial charge on any atom is -0.374 e. The van der Waals surface area contributed by atoms with Gasteiger partial charge in [0.05, 0.1) is 24.4 Å². The van der Waals surface area contributed by atoms with Crippen LogP contribution in [0.25, 0.3) is 10.8 Å². The summed E-state index contributed by atoms with van der Waals surface area (Å²) in [4.78, 5) is 2.36. The third-order valence-corrected chi connectivity index (χ3v) is 4.02. The van der Waals surface area contributed by atoms with E-state index in [4.69, 9.17) is 4.74 Å². The molecule has 2 aliphatic heterocycles. The minimum atomic E-state index is 0.386. The average Bonchev–Trinajstić information content (AvgIpc) is 3.02. The smallest absolute Gasteiger partial charge is 0.159 e. The van der Waals surface area contributed by atoms with Gasteiger partial charge in [-0.05, 0) is 13.3 Å². The predicted octanol–water partition coefficient (Wildman–Crippen LogP) is 1.92. The first-order chi connectivity index (χ1) is 8.83. The summed E-state index contributed by atoms with van der Waals surface area (Å²) in [5.41, 5.74) is 0.995. The molecule has 2 saturated heterocycles. The molecule has 0 spiro atoms. The van der Waals surface area contributed by atoms with Crippen LogP contribution in [0.2, 0.25) is 0 Å². The molecule has 2 aromatic rings. The first kappa shape index (κ1) is 10.3. The highest BCUT2D eigenvalue weighted by atomic mass is 16.5. The van der Waals surface area contributed by atoms with Crippen molar-refractivity contribution in [2.75, 3.05) is 18.1 Å². The number of hydrogen-bond donors (Lipinski definition) is 0. The number of hydrogen-bond acceptors (Lipinski definition) is 4. The summed E-state index contributed by atoms with van der Waals surface area (Å²) in [5, 5.41) is 11.1. The van der Waals surface area contributed by atoms with Gasteiger partial charge in [0.15, 0.2) is 5.82 Å². The van der Waals surface area contributed by atoms with Crippen LogP contribution in [-0.2, 0) is 4.74 Å². The lowest BCUT2D eigenvalue weighted by molar-refractivity contribution is 0.0989. The Hall–Kier alpha value is -1.68. The van der Waals surface area contributed by atoms with Crippen molar-refractivity contribution in [2.24, 2.45) is 0 Å². The molecule has 4 heteroatoms. The molecule has 4 nitrogen and oxygen atoms in total. The lowest BCUT2D eigenvalue weighted by Gasteiger charge is -2.28. The van der Waals surface area contributed by atoms with E-state index in [0.717, 1.165) is 31.1 Å². The molecule has 2 aliphatic rings. The molecule has 0 aliphatic carbocycles. The molecule has 2 bridgehead atoms. The van der Waals surface area contributed by atoms with E-state index in [1.54, 1.807) is 0 Å². The van der Waals surface area contributed by atoms with Crippen molar-refractivity contribution in [1.29, 1.82) is 0 Å². The highest BCUT2D eigenvalue weighted by molar-refractivity contribution is 5.93. The molecule has 3 heterocycles. The van der Waals surface area contributed by atoms with E-state index in [1.165, 1.54) is 10.8 Å². The zero-order valence-electron chi connectivity index (χ0n) is 10.3. The van der Waals surface area contributed by atoms with Crippen molar-refractivity contribution >= 4 is 16.6 Å². The standard InChI is InChI=1S/C14H15N3O/c1-9-12-4-2-3-5-13(12)14(16-15-9)17-7-11-6-10(17)8-18-11/h2-5,10-11H,6-8H2,1H3. The Balaban J connectivity index is 1.88. The van der Waals surface area contributed by atoms with E-state index in [9.17, 15) is 0 Å². The second kappa shape index (κ2) is 3.65. The van der Waals surface area contributed by atoms with Gasteiger partial charge < -0.3 is 9.64 Å². The number of rotatable bonds is 1. The Morgan fingerprint density at radius 2 is 2.06 bits per heavy atom. The first-order valence-electron chi connectivity index (χ1n) is 6.43. The molecule has 1 aromatic carbocycles. The maximum Gasteiger partial charge on any atom is 0.159 e. The fourth-order valence-corrected chi connectivity index (χ4v) is 3.09. The monoisotopic (exact) mass is 241 g/mol. The largest absolute Gasteiger partial charge is 0.374 e. The van der Waals surface area contributed by atoms with Crippen molar-refractivity contribution in [1.82, 2.24) is 10.2 Å². The van der Waals surface area contributed by atoms with Crippen LogP contribution in [0.5, 0.6) is 0 Å². The Bertz CT molecular complexity index is 613. The average molecular weight is 241 g/mol. The second-order valence-corrected chi connectivity index (χ2v) is 5.15. The van der Waals surface area contributed by atoms with Crippen molar-refractivity contribution in [3.05, 3.63) is 30.0 Å². The van der Waals surface area contributed by atoms with Crippen LogP contribution in [0.4, 0.5) is 5.82 Å². The summed E-state index contributed by atoms with van der Waals surface area (Å²) < 4.78 is 5.65. The molecular weight excluding hydrogens is 226 g/mol. The molecule has 2 fully saturated rings. The Morgan fingerprint density at radius 1 is 1.22 bits per heavy atom. The van der Waals surface area contributed by atoms with Crippen molar-refractivity contribution in [3.8, 4) is 0 Å².